The Kier molecular flexibility index (Phi) is 5.29. The lowest BCUT2D eigenvalue weighted by atomic mass is 10.1. The van der Waals surface area contributed by atoms with Gasteiger partial charge in [0.05, 0.1) is 30.3 Å². The van der Waals surface area contributed by atoms with Gasteiger partial charge in [-0.2, -0.15) is 5.10 Å². The van der Waals surface area contributed by atoms with Crippen LogP contribution in [0.1, 0.15) is 19.3 Å². The maximum absolute atomic E-state index is 12.0. The summed E-state index contributed by atoms with van der Waals surface area (Å²) in [7, 11) is 0. The Balaban J connectivity index is 1.51. The standard InChI is InChI=1S/C14H18N4O3S2/c19-12(8-18-13(20)9-23-14(18)22)16-10-5-15-17(6-10)7-11-3-1-2-4-21-11/h5-6,11H,1-4,7-9H2,(H,16,19). The number of hydrogen-bond donors (Lipinski definition) is 1. The van der Waals surface area contributed by atoms with Gasteiger partial charge < -0.3 is 10.1 Å². The van der Waals surface area contributed by atoms with E-state index in [1.165, 1.54) is 23.1 Å². The Hall–Kier alpha value is -1.45. The molecule has 23 heavy (non-hydrogen) atoms. The van der Waals surface area contributed by atoms with Gasteiger partial charge in [-0.15, -0.1) is 0 Å². The third-order valence-corrected chi connectivity index (χ3v) is 5.16. The Morgan fingerprint density at radius 1 is 1.52 bits per heavy atom. The first-order valence-corrected chi connectivity index (χ1v) is 8.92. The van der Waals surface area contributed by atoms with E-state index in [1.54, 1.807) is 17.1 Å². The largest absolute Gasteiger partial charge is 0.376 e. The first-order valence-electron chi connectivity index (χ1n) is 7.53. The predicted octanol–water partition coefficient (Wildman–Crippen LogP) is 1.25. The van der Waals surface area contributed by atoms with Gasteiger partial charge in [-0.05, 0) is 19.3 Å². The summed E-state index contributed by atoms with van der Waals surface area (Å²) >= 11 is 6.34. The summed E-state index contributed by atoms with van der Waals surface area (Å²) in [6.45, 7) is 1.43. The highest BCUT2D eigenvalue weighted by atomic mass is 32.2. The fourth-order valence-corrected chi connectivity index (χ4v) is 3.63. The van der Waals surface area contributed by atoms with E-state index in [-0.39, 0.29) is 24.5 Å². The number of carbonyl (C=O) groups is 2. The molecule has 7 nitrogen and oxygen atoms in total. The van der Waals surface area contributed by atoms with E-state index in [1.807, 2.05) is 0 Å². The number of carbonyl (C=O) groups excluding carboxylic acids is 2. The van der Waals surface area contributed by atoms with Gasteiger partial charge in [-0.25, -0.2) is 0 Å². The molecule has 1 aromatic rings. The zero-order chi connectivity index (χ0) is 16.2. The molecule has 1 aromatic heterocycles. The molecular weight excluding hydrogens is 336 g/mol. The zero-order valence-corrected chi connectivity index (χ0v) is 14.2. The Labute approximate surface area is 143 Å². The molecule has 3 heterocycles. The second kappa shape index (κ2) is 7.41. The van der Waals surface area contributed by atoms with E-state index in [0.717, 1.165) is 19.4 Å². The van der Waals surface area contributed by atoms with E-state index in [9.17, 15) is 9.59 Å². The Bertz CT molecular complexity index is 597. The normalized spacial score (nSPS) is 21.7. The van der Waals surface area contributed by atoms with Crippen LogP contribution in [0.25, 0.3) is 0 Å². The average Bonchev–Trinajstić information content (AvgIpc) is 3.09. The van der Waals surface area contributed by atoms with Crippen molar-refractivity contribution in [1.29, 1.82) is 0 Å². The highest BCUT2D eigenvalue weighted by Gasteiger charge is 2.28. The molecule has 3 rings (SSSR count). The summed E-state index contributed by atoms with van der Waals surface area (Å²) in [5, 5.41) is 6.98. The van der Waals surface area contributed by atoms with Crippen molar-refractivity contribution in [3.8, 4) is 0 Å². The maximum Gasteiger partial charge on any atom is 0.244 e. The summed E-state index contributed by atoms with van der Waals surface area (Å²) in [6, 6.07) is 0. The fraction of sp³-hybridized carbons (Fsp3) is 0.571. The van der Waals surface area contributed by atoms with Gasteiger partial charge in [0.15, 0.2) is 0 Å². The van der Waals surface area contributed by atoms with Crippen molar-refractivity contribution in [3.63, 3.8) is 0 Å². The SMILES string of the molecule is O=C(CN1C(=O)CSC1=S)Nc1cnn(CC2CCCCO2)c1. The lowest BCUT2D eigenvalue weighted by Gasteiger charge is -2.22. The number of hydrogen-bond acceptors (Lipinski definition) is 6. The van der Waals surface area contributed by atoms with E-state index in [4.69, 9.17) is 17.0 Å². The molecule has 1 N–H and O–H groups in total. The van der Waals surface area contributed by atoms with Gasteiger partial charge in [-0.1, -0.05) is 24.0 Å². The van der Waals surface area contributed by atoms with Gasteiger partial charge in [0.2, 0.25) is 11.8 Å². The minimum Gasteiger partial charge on any atom is -0.376 e. The summed E-state index contributed by atoms with van der Waals surface area (Å²) in [6.07, 6.45) is 6.88. The number of amides is 2. The molecule has 2 amide bonds. The molecule has 0 saturated carbocycles. The van der Waals surface area contributed by atoms with E-state index in [2.05, 4.69) is 10.4 Å². The van der Waals surface area contributed by atoms with E-state index >= 15 is 0 Å². The smallest absolute Gasteiger partial charge is 0.244 e. The van der Waals surface area contributed by atoms with Crippen LogP contribution in [0.15, 0.2) is 12.4 Å². The molecule has 124 valence electrons. The molecular formula is C14H18N4O3S2. The average molecular weight is 354 g/mol. The van der Waals surface area contributed by atoms with Gasteiger partial charge in [0.1, 0.15) is 10.9 Å². The molecule has 2 saturated heterocycles. The molecule has 0 spiro atoms. The van der Waals surface area contributed by atoms with Crippen molar-refractivity contribution in [3.05, 3.63) is 12.4 Å². The van der Waals surface area contributed by atoms with Crippen molar-refractivity contribution in [1.82, 2.24) is 14.7 Å². The number of rotatable bonds is 5. The second-order valence-corrected chi connectivity index (χ2v) is 7.13. The number of aromatic nitrogens is 2. The van der Waals surface area contributed by atoms with Crippen LogP contribution in [0.4, 0.5) is 5.69 Å². The van der Waals surface area contributed by atoms with Crippen molar-refractivity contribution >= 4 is 45.8 Å². The summed E-state index contributed by atoms with van der Waals surface area (Å²) < 4.78 is 7.90. The van der Waals surface area contributed by atoms with Gasteiger partial charge in [0, 0.05) is 12.8 Å². The number of nitrogens with one attached hydrogen (secondary N) is 1. The molecule has 0 radical (unpaired) electrons. The second-order valence-electron chi connectivity index (χ2n) is 5.52. The number of thioether (sulfide) groups is 1. The minimum atomic E-state index is -0.281. The van der Waals surface area contributed by atoms with Crippen molar-refractivity contribution in [2.45, 2.75) is 31.9 Å². The van der Waals surface area contributed by atoms with Crippen LogP contribution < -0.4 is 5.32 Å². The number of nitrogens with zero attached hydrogens (tertiary/aromatic N) is 3. The molecule has 9 heteroatoms. The molecule has 2 aliphatic rings. The third-order valence-electron chi connectivity index (χ3n) is 3.72. The minimum absolute atomic E-state index is 0.0540. The monoisotopic (exact) mass is 354 g/mol. The quantitative estimate of drug-likeness (QED) is 0.802. The number of ether oxygens (including phenoxy) is 1. The fourth-order valence-electron chi connectivity index (χ4n) is 2.57. The van der Waals surface area contributed by atoms with Crippen LogP contribution >= 0.6 is 24.0 Å². The van der Waals surface area contributed by atoms with E-state index in [0.29, 0.717) is 22.3 Å². The van der Waals surface area contributed by atoms with Crippen molar-refractivity contribution < 1.29 is 14.3 Å². The third kappa shape index (κ3) is 4.30. The predicted molar refractivity (Wildman–Crippen MR) is 91.2 cm³/mol. The van der Waals surface area contributed by atoms with Crippen LogP contribution in [0.5, 0.6) is 0 Å². The zero-order valence-electron chi connectivity index (χ0n) is 12.6. The van der Waals surface area contributed by atoms with Crippen LogP contribution in [0.3, 0.4) is 0 Å². The molecule has 1 atom stereocenters. The molecule has 2 fully saturated rings. The molecule has 1 unspecified atom stereocenters. The van der Waals surface area contributed by atoms with Crippen LogP contribution in [0, 0.1) is 0 Å². The van der Waals surface area contributed by atoms with Gasteiger partial charge in [0.25, 0.3) is 0 Å². The van der Waals surface area contributed by atoms with Gasteiger partial charge in [-0.3, -0.25) is 19.2 Å². The Morgan fingerprint density at radius 3 is 3.09 bits per heavy atom. The molecule has 0 aliphatic carbocycles. The number of thiocarbonyl (C=S) groups is 1. The highest BCUT2D eigenvalue weighted by molar-refractivity contribution is 8.23. The van der Waals surface area contributed by atoms with Crippen LogP contribution in [-0.4, -0.2) is 55.8 Å². The molecule has 2 aliphatic heterocycles. The van der Waals surface area contributed by atoms with Crippen LogP contribution in [0.2, 0.25) is 0 Å². The molecule has 0 bridgehead atoms. The topological polar surface area (TPSA) is 76.5 Å². The number of anilines is 1. The summed E-state index contributed by atoms with van der Waals surface area (Å²) in [5.74, 6) is -0.0946. The molecule has 0 aromatic carbocycles. The highest BCUT2D eigenvalue weighted by Crippen LogP contribution is 2.19. The Morgan fingerprint density at radius 2 is 2.39 bits per heavy atom. The van der Waals surface area contributed by atoms with Gasteiger partial charge >= 0.3 is 0 Å². The van der Waals surface area contributed by atoms with Crippen molar-refractivity contribution in [2.75, 3.05) is 24.2 Å². The first kappa shape index (κ1) is 16.4. The lowest BCUT2D eigenvalue weighted by Crippen LogP contribution is -2.36. The summed E-state index contributed by atoms with van der Waals surface area (Å²) in [5.41, 5.74) is 0.607. The van der Waals surface area contributed by atoms with Crippen molar-refractivity contribution in [2.24, 2.45) is 0 Å². The van der Waals surface area contributed by atoms with E-state index < -0.39 is 0 Å². The van der Waals surface area contributed by atoms with Crippen LogP contribution in [-0.2, 0) is 20.9 Å². The lowest BCUT2D eigenvalue weighted by molar-refractivity contribution is -0.127. The maximum atomic E-state index is 12.0. The summed E-state index contributed by atoms with van der Waals surface area (Å²) in [4.78, 5) is 25.0. The first-order chi connectivity index (χ1) is 11.1.